The molecule has 1 aliphatic carbocycles. The van der Waals surface area contributed by atoms with Crippen molar-refractivity contribution in [2.24, 2.45) is 11.7 Å². The molecule has 0 aromatic rings. The molecule has 1 saturated carbocycles. The lowest BCUT2D eigenvalue weighted by atomic mass is 9.84. The third kappa shape index (κ3) is 3.44. The first-order chi connectivity index (χ1) is 7.36. The molecule has 0 aromatic heterocycles. The molecule has 2 rings (SSSR count). The zero-order valence-corrected chi connectivity index (χ0v) is 9.49. The second kappa shape index (κ2) is 5.83. The summed E-state index contributed by atoms with van der Waals surface area (Å²) >= 11 is 0. The highest BCUT2D eigenvalue weighted by Gasteiger charge is 2.25. The van der Waals surface area contributed by atoms with Gasteiger partial charge in [0.2, 0.25) is 0 Å². The van der Waals surface area contributed by atoms with Crippen molar-refractivity contribution >= 4 is 0 Å². The van der Waals surface area contributed by atoms with Gasteiger partial charge >= 0.3 is 0 Å². The Morgan fingerprint density at radius 1 is 1.13 bits per heavy atom. The third-order valence-corrected chi connectivity index (χ3v) is 3.65. The standard InChI is InChI=1S/C12H23NO2/c13-11(12-9-14-6-7-15-12)8-10-4-2-1-3-5-10/h10-12H,1-9,13H2/t11-,12+/m1/s1. The summed E-state index contributed by atoms with van der Waals surface area (Å²) in [5, 5.41) is 0. The highest BCUT2D eigenvalue weighted by atomic mass is 16.6. The molecule has 2 fully saturated rings. The Kier molecular flexibility index (Phi) is 4.42. The van der Waals surface area contributed by atoms with Gasteiger partial charge in [0.1, 0.15) is 0 Å². The van der Waals surface area contributed by atoms with Crippen LogP contribution in [0.3, 0.4) is 0 Å². The van der Waals surface area contributed by atoms with Crippen LogP contribution in [-0.4, -0.2) is 32.0 Å². The number of nitrogens with two attached hydrogens (primary N) is 1. The average molecular weight is 213 g/mol. The fourth-order valence-electron chi connectivity index (χ4n) is 2.71. The van der Waals surface area contributed by atoms with Crippen LogP contribution in [0.1, 0.15) is 38.5 Å². The topological polar surface area (TPSA) is 44.5 Å². The maximum absolute atomic E-state index is 6.17. The molecule has 3 heteroatoms. The summed E-state index contributed by atoms with van der Waals surface area (Å²) in [4.78, 5) is 0. The summed E-state index contributed by atoms with van der Waals surface area (Å²) in [7, 11) is 0. The fraction of sp³-hybridized carbons (Fsp3) is 1.00. The number of rotatable bonds is 3. The Labute approximate surface area is 92.3 Å². The van der Waals surface area contributed by atoms with Gasteiger partial charge in [0.25, 0.3) is 0 Å². The second-order valence-corrected chi connectivity index (χ2v) is 4.89. The minimum absolute atomic E-state index is 0.140. The summed E-state index contributed by atoms with van der Waals surface area (Å²) in [6.45, 7) is 2.13. The summed E-state index contributed by atoms with van der Waals surface area (Å²) < 4.78 is 11.0. The van der Waals surface area contributed by atoms with Crippen molar-refractivity contribution in [3.8, 4) is 0 Å². The van der Waals surface area contributed by atoms with E-state index < -0.39 is 0 Å². The summed E-state index contributed by atoms with van der Waals surface area (Å²) in [5.41, 5.74) is 6.17. The third-order valence-electron chi connectivity index (χ3n) is 3.65. The highest BCUT2D eigenvalue weighted by molar-refractivity contribution is 4.79. The van der Waals surface area contributed by atoms with Gasteiger partial charge in [0, 0.05) is 6.04 Å². The monoisotopic (exact) mass is 213 g/mol. The second-order valence-electron chi connectivity index (χ2n) is 4.89. The van der Waals surface area contributed by atoms with E-state index >= 15 is 0 Å². The van der Waals surface area contributed by atoms with E-state index in [-0.39, 0.29) is 12.1 Å². The van der Waals surface area contributed by atoms with Crippen LogP contribution >= 0.6 is 0 Å². The molecule has 0 amide bonds. The molecule has 2 aliphatic rings. The van der Waals surface area contributed by atoms with E-state index in [1.54, 1.807) is 0 Å². The Hall–Kier alpha value is -0.120. The molecule has 2 N–H and O–H groups in total. The van der Waals surface area contributed by atoms with Gasteiger partial charge in [-0.2, -0.15) is 0 Å². The van der Waals surface area contributed by atoms with Crippen LogP contribution in [0.25, 0.3) is 0 Å². The van der Waals surface area contributed by atoms with Crippen LogP contribution in [0.5, 0.6) is 0 Å². The van der Waals surface area contributed by atoms with Gasteiger partial charge in [-0.3, -0.25) is 0 Å². The molecular formula is C12H23NO2. The van der Waals surface area contributed by atoms with E-state index in [4.69, 9.17) is 15.2 Å². The number of hydrogen-bond acceptors (Lipinski definition) is 3. The number of ether oxygens (including phenoxy) is 2. The molecular weight excluding hydrogens is 190 g/mol. The molecule has 0 aromatic carbocycles. The molecule has 1 aliphatic heterocycles. The molecule has 2 atom stereocenters. The van der Waals surface area contributed by atoms with Crippen LogP contribution in [0, 0.1) is 5.92 Å². The quantitative estimate of drug-likeness (QED) is 0.776. The number of hydrogen-bond donors (Lipinski definition) is 1. The van der Waals surface area contributed by atoms with Crippen LogP contribution < -0.4 is 5.73 Å². The van der Waals surface area contributed by atoms with Crippen molar-refractivity contribution < 1.29 is 9.47 Å². The van der Waals surface area contributed by atoms with Gasteiger partial charge in [-0.05, 0) is 12.3 Å². The van der Waals surface area contributed by atoms with Crippen LogP contribution in [0.15, 0.2) is 0 Å². The van der Waals surface area contributed by atoms with Gasteiger partial charge < -0.3 is 15.2 Å². The fourth-order valence-corrected chi connectivity index (χ4v) is 2.71. The lowest BCUT2D eigenvalue weighted by Gasteiger charge is -2.31. The first-order valence-electron chi connectivity index (χ1n) is 6.31. The van der Waals surface area contributed by atoms with Gasteiger partial charge in [-0.1, -0.05) is 32.1 Å². The SMILES string of the molecule is N[C@H](CC1CCCCC1)[C@@H]1COCCO1. The Morgan fingerprint density at radius 3 is 2.60 bits per heavy atom. The van der Waals surface area contributed by atoms with Gasteiger partial charge in [0.15, 0.2) is 0 Å². The van der Waals surface area contributed by atoms with Gasteiger partial charge in [-0.25, -0.2) is 0 Å². The first-order valence-corrected chi connectivity index (χ1v) is 6.31. The van der Waals surface area contributed by atoms with Crippen molar-refractivity contribution in [2.75, 3.05) is 19.8 Å². The van der Waals surface area contributed by atoms with Crippen molar-refractivity contribution in [1.82, 2.24) is 0 Å². The minimum atomic E-state index is 0.140. The molecule has 3 nitrogen and oxygen atoms in total. The van der Waals surface area contributed by atoms with E-state index in [0.29, 0.717) is 13.2 Å². The van der Waals surface area contributed by atoms with Crippen molar-refractivity contribution in [3.05, 3.63) is 0 Å². The molecule has 1 heterocycles. The zero-order valence-electron chi connectivity index (χ0n) is 9.49. The van der Waals surface area contributed by atoms with Crippen molar-refractivity contribution in [1.29, 1.82) is 0 Å². The Morgan fingerprint density at radius 2 is 1.93 bits per heavy atom. The normalized spacial score (nSPS) is 31.4. The molecule has 88 valence electrons. The molecule has 0 unspecified atom stereocenters. The zero-order chi connectivity index (χ0) is 10.5. The van der Waals surface area contributed by atoms with E-state index in [0.717, 1.165) is 18.9 Å². The maximum Gasteiger partial charge on any atom is 0.0960 e. The predicted octanol–water partition coefficient (Wildman–Crippen LogP) is 1.70. The van der Waals surface area contributed by atoms with E-state index in [2.05, 4.69) is 0 Å². The largest absolute Gasteiger partial charge is 0.376 e. The van der Waals surface area contributed by atoms with E-state index in [1.807, 2.05) is 0 Å². The Bertz CT molecular complexity index is 174. The van der Waals surface area contributed by atoms with Crippen LogP contribution in [-0.2, 0) is 9.47 Å². The Balaban J connectivity index is 1.72. The van der Waals surface area contributed by atoms with Crippen LogP contribution in [0.4, 0.5) is 0 Å². The first kappa shape index (κ1) is 11.4. The van der Waals surface area contributed by atoms with E-state index in [9.17, 15) is 0 Å². The lowest BCUT2D eigenvalue weighted by molar-refractivity contribution is -0.0993. The average Bonchev–Trinajstić information content (AvgIpc) is 2.31. The molecule has 0 bridgehead atoms. The smallest absolute Gasteiger partial charge is 0.0960 e. The highest BCUT2D eigenvalue weighted by Crippen LogP contribution is 2.28. The molecule has 0 radical (unpaired) electrons. The lowest BCUT2D eigenvalue weighted by Crippen LogP contribution is -2.44. The van der Waals surface area contributed by atoms with Gasteiger partial charge in [-0.15, -0.1) is 0 Å². The van der Waals surface area contributed by atoms with Crippen molar-refractivity contribution in [2.45, 2.75) is 50.7 Å². The van der Waals surface area contributed by atoms with Crippen molar-refractivity contribution in [3.63, 3.8) is 0 Å². The molecule has 15 heavy (non-hydrogen) atoms. The minimum Gasteiger partial charge on any atom is -0.376 e. The summed E-state index contributed by atoms with van der Waals surface area (Å²) in [5.74, 6) is 0.833. The summed E-state index contributed by atoms with van der Waals surface area (Å²) in [6, 6.07) is 0.174. The summed E-state index contributed by atoms with van der Waals surface area (Å²) in [6.07, 6.45) is 8.17. The molecule has 1 saturated heterocycles. The van der Waals surface area contributed by atoms with Gasteiger partial charge in [0.05, 0.1) is 25.9 Å². The molecule has 0 spiro atoms. The predicted molar refractivity (Wildman–Crippen MR) is 59.7 cm³/mol. The van der Waals surface area contributed by atoms with Crippen LogP contribution in [0.2, 0.25) is 0 Å². The van der Waals surface area contributed by atoms with E-state index in [1.165, 1.54) is 32.1 Å². The maximum atomic E-state index is 6.17.